The van der Waals surface area contributed by atoms with Crippen LogP contribution < -0.4 is 11.1 Å². The number of carbonyl (C=O) groups is 1. The molecule has 0 unspecified atom stereocenters. The summed E-state index contributed by atoms with van der Waals surface area (Å²) in [5.74, 6) is 0.700. The van der Waals surface area contributed by atoms with Crippen molar-refractivity contribution in [3.05, 3.63) is 23.8 Å². The molecule has 1 amide bonds. The number of hydrogen-bond acceptors (Lipinski definition) is 3. The number of nitrogens with one attached hydrogen (secondary N) is 1. The summed E-state index contributed by atoms with van der Waals surface area (Å²) in [6.07, 6.45) is 2.28. The number of benzene rings is 1. The normalized spacial score (nSPS) is 10.6. The molecule has 4 heteroatoms. The van der Waals surface area contributed by atoms with Gasteiger partial charge in [0, 0.05) is 26.2 Å². The van der Waals surface area contributed by atoms with Crippen molar-refractivity contribution in [2.24, 2.45) is 5.92 Å². The molecule has 106 valence electrons. The van der Waals surface area contributed by atoms with Crippen molar-refractivity contribution in [2.45, 2.75) is 26.7 Å². The van der Waals surface area contributed by atoms with Crippen molar-refractivity contribution < 1.29 is 4.79 Å². The third-order valence-corrected chi connectivity index (χ3v) is 2.98. The molecule has 3 N–H and O–H groups in total. The molecule has 0 aliphatic heterocycles. The largest absolute Gasteiger partial charge is 0.397 e. The van der Waals surface area contributed by atoms with Crippen LogP contribution in [0, 0.1) is 5.92 Å². The van der Waals surface area contributed by atoms with Crippen molar-refractivity contribution in [1.82, 2.24) is 4.90 Å². The Bertz CT molecular complexity index is 427. The number of nitrogens with zero attached hydrogens (tertiary/aromatic N) is 1. The second kappa shape index (κ2) is 7.02. The van der Waals surface area contributed by atoms with E-state index in [1.165, 1.54) is 6.42 Å². The van der Waals surface area contributed by atoms with E-state index in [9.17, 15) is 4.79 Å². The SMILES string of the molecule is CC(C)CCCNc1cc(C(=O)N(C)C)ccc1N. The van der Waals surface area contributed by atoms with Gasteiger partial charge in [0.1, 0.15) is 0 Å². The summed E-state index contributed by atoms with van der Waals surface area (Å²) >= 11 is 0. The van der Waals surface area contributed by atoms with Crippen molar-refractivity contribution in [1.29, 1.82) is 0 Å². The Kier molecular flexibility index (Phi) is 5.67. The third-order valence-electron chi connectivity index (χ3n) is 2.98. The molecule has 0 fully saturated rings. The minimum atomic E-state index is -0.00905. The Hall–Kier alpha value is -1.71. The summed E-state index contributed by atoms with van der Waals surface area (Å²) in [6.45, 7) is 5.30. The molecule has 1 aromatic rings. The molecule has 0 heterocycles. The van der Waals surface area contributed by atoms with E-state index >= 15 is 0 Å². The number of amides is 1. The van der Waals surface area contributed by atoms with Crippen LogP contribution in [0.5, 0.6) is 0 Å². The molecule has 4 nitrogen and oxygen atoms in total. The van der Waals surface area contributed by atoms with E-state index in [4.69, 9.17) is 5.73 Å². The van der Waals surface area contributed by atoms with Crippen molar-refractivity contribution in [3.63, 3.8) is 0 Å². The molecule has 0 aliphatic carbocycles. The minimum absolute atomic E-state index is 0.00905. The summed E-state index contributed by atoms with van der Waals surface area (Å²) in [4.78, 5) is 13.4. The van der Waals surface area contributed by atoms with Crippen LogP contribution in [-0.4, -0.2) is 31.4 Å². The molecule has 0 radical (unpaired) electrons. The van der Waals surface area contributed by atoms with Gasteiger partial charge in [-0.3, -0.25) is 4.79 Å². The van der Waals surface area contributed by atoms with Crippen LogP contribution in [0.25, 0.3) is 0 Å². The van der Waals surface area contributed by atoms with E-state index in [1.807, 2.05) is 6.07 Å². The quantitative estimate of drug-likeness (QED) is 0.613. The lowest BCUT2D eigenvalue weighted by Crippen LogP contribution is -2.21. The lowest BCUT2D eigenvalue weighted by Gasteiger charge is -2.14. The predicted molar refractivity (Wildman–Crippen MR) is 81.4 cm³/mol. The highest BCUT2D eigenvalue weighted by Crippen LogP contribution is 2.21. The second-order valence-electron chi connectivity index (χ2n) is 5.46. The van der Waals surface area contributed by atoms with E-state index in [1.54, 1.807) is 31.1 Å². The van der Waals surface area contributed by atoms with Crippen LogP contribution in [0.3, 0.4) is 0 Å². The summed E-state index contributed by atoms with van der Waals surface area (Å²) in [7, 11) is 3.49. The number of nitrogen functional groups attached to an aromatic ring is 1. The fraction of sp³-hybridized carbons (Fsp3) is 0.533. The van der Waals surface area contributed by atoms with Crippen molar-refractivity contribution in [3.8, 4) is 0 Å². The smallest absolute Gasteiger partial charge is 0.253 e. The Labute approximate surface area is 116 Å². The fourth-order valence-electron chi connectivity index (χ4n) is 1.83. The standard InChI is InChI=1S/C15H25N3O/c1-11(2)6-5-9-17-14-10-12(7-8-13(14)16)15(19)18(3)4/h7-8,10-11,17H,5-6,9,16H2,1-4H3. The number of carbonyl (C=O) groups excluding carboxylic acids is 1. The molecular formula is C15H25N3O. The molecule has 0 bridgehead atoms. The van der Waals surface area contributed by atoms with E-state index in [-0.39, 0.29) is 5.91 Å². The van der Waals surface area contributed by atoms with Crippen LogP contribution in [-0.2, 0) is 0 Å². The first-order valence-corrected chi connectivity index (χ1v) is 6.77. The summed E-state index contributed by atoms with van der Waals surface area (Å²) < 4.78 is 0. The van der Waals surface area contributed by atoms with Crippen molar-refractivity contribution >= 4 is 17.3 Å². The van der Waals surface area contributed by atoms with E-state index < -0.39 is 0 Å². The zero-order valence-corrected chi connectivity index (χ0v) is 12.4. The first kappa shape index (κ1) is 15.3. The monoisotopic (exact) mass is 263 g/mol. The van der Waals surface area contributed by atoms with Gasteiger partial charge in [0.05, 0.1) is 11.4 Å². The lowest BCUT2D eigenvalue weighted by molar-refractivity contribution is 0.0827. The molecule has 0 aromatic heterocycles. The maximum atomic E-state index is 11.9. The van der Waals surface area contributed by atoms with E-state index in [0.29, 0.717) is 17.2 Å². The zero-order chi connectivity index (χ0) is 14.4. The zero-order valence-electron chi connectivity index (χ0n) is 12.4. The van der Waals surface area contributed by atoms with Crippen molar-refractivity contribution in [2.75, 3.05) is 31.7 Å². The molecule has 1 aromatic carbocycles. The van der Waals surface area contributed by atoms with Gasteiger partial charge in [-0.15, -0.1) is 0 Å². The van der Waals surface area contributed by atoms with Crippen LogP contribution in [0.15, 0.2) is 18.2 Å². The van der Waals surface area contributed by atoms with Gasteiger partial charge in [-0.2, -0.15) is 0 Å². The fourth-order valence-corrected chi connectivity index (χ4v) is 1.83. The maximum absolute atomic E-state index is 11.9. The maximum Gasteiger partial charge on any atom is 0.253 e. The Balaban J connectivity index is 2.67. The molecule has 1 rings (SSSR count). The molecule has 0 spiro atoms. The molecular weight excluding hydrogens is 238 g/mol. The Morgan fingerprint density at radius 1 is 1.37 bits per heavy atom. The molecule has 19 heavy (non-hydrogen) atoms. The van der Waals surface area contributed by atoms with Crippen LogP contribution >= 0.6 is 0 Å². The average molecular weight is 263 g/mol. The van der Waals surface area contributed by atoms with E-state index in [0.717, 1.165) is 18.7 Å². The minimum Gasteiger partial charge on any atom is -0.397 e. The average Bonchev–Trinajstić information content (AvgIpc) is 2.35. The predicted octanol–water partition coefficient (Wildman–Crippen LogP) is 2.82. The first-order chi connectivity index (χ1) is 8.91. The number of nitrogens with two attached hydrogens (primary N) is 1. The molecule has 0 atom stereocenters. The summed E-state index contributed by atoms with van der Waals surface area (Å²) in [5.41, 5.74) is 8.10. The second-order valence-corrected chi connectivity index (χ2v) is 5.46. The van der Waals surface area contributed by atoms with Gasteiger partial charge in [0.2, 0.25) is 0 Å². The van der Waals surface area contributed by atoms with Gasteiger partial charge in [-0.05, 0) is 37.0 Å². The highest BCUT2D eigenvalue weighted by Gasteiger charge is 2.10. The van der Waals surface area contributed by atoms with Gasteiger partial charge >= 0.3 is 0 Å². The van der Waals surface area contributed by atoms with Gasteiger partial charge in [0.25, 0.3) is 5.91 Å². The van der Waals surface area contributed by atoms with Gasteiger partial charge < -0.3 is 16.0 Å². The van der Waals surface area contributed by atoms with Gasteiger partial charge in [-0.25, -0.2) is 0 Å². The van der Waals surface area contributed by atoms with Crippen LogP contribution in [0.1, 0.15) is 37.0 Å². The summed E-state index contributed by atoms with van der Waals surface area (Å²) in [5, 5.41) is 3.31. The Morgan fingerprint density at radius 3 is 2.63 bits per heavy atom. The molecule has 0 aliphatic rings. The molecule has 0 saturated heterocycles. The summed E-state index contributed by atoms with van der Waals surface area (Å²) in [6, 6.07) is 5.37. The highest BCUT2D eigenvalue weighted by atomic mass is 16.2. The first-order valence-electron chi connectivity index (χ1n) is 6.77. The topological polar surface area (TPSA) is 58.4 Å². The van der Waals surface area contributed by atoms with Crippen LogP contribution in [0.2, 0.25) is 0 Å². The third kappa shape index (κ3) is 4.81. The van der Waals surface area contributed by atoms with Crippen LogP contribution in [0.4, 0.5) is 11.4 Å². The highest BCUT2D eigenvalue weighted by molar-refractivity contribution is 5.95. The van der Waals surface area contributed by atoms with Gasteiger partial charge in [0.15, 0.2) is 0 Å². The number of anilines is 2. The number of hydrogen-bond donors (Lipinski definition) is 2. The van der Waals surface area contributed by atoms with Gasteiger partial charge in [-0.1, -0.05) is 13.8 Å². The molecule has 0 saturated carbocycles. The lowest BCUT2D eigenvalue weighted by atomic mass is 10.1. The Morgan fingerprint density at radius 2 is 2.05 bits per heavy atom. The van der Waals surface area contributed by atoms with E-state index in [2.05, 4.69) is 19.2 Å². The number of rotatable bonds is 6.